The Morgan fingerprint density at radius 3 is 2.70 bits per heavy atom. The Kier molecular flexibility index (Phi) is 6.18. The van der Waals surface area contributed by atoms with Crippen LogP contribution >= 0.6 is 11.3 Å². The third-order valence-electron chi connectivity index (χ3n) is 4.71. The Hall–Kier alpha value is -3.06. The summed E-state index contributed by atoms with van der Waals surface area (Å²) in [4.78, 5) is 17.6. The molecule has 0 spiro atoms. The quantitative estimate of drug-likeness (QED) is 0.393. The van der Waals surface area contributed by atoms with Gasteiger partial charge in [-0.1, -0.05) is 49.7 Å². The molecule has 30 heavy (non-hydrogen) atoms. The maximum atomic E-state index is 13.4. The van der Waals surface area contributed by atoms with E-state index in [4.69, 9.17) is 4.74 Å². The minimum absolute atomic E-state index is 0.259. The van der Waals surface area contributed by atoms with Crippen molar-refractivity contribution in [2.24, 2.45) is 0 Å². The summed E-state index contributed by atoms with van der Waals surface area (Å²) in [6.07, 6.45) is 6.32. The van der Waals surface area contributed by atoms with Gasteiger partial charge in [-0.15, -0.1) is 5.10 Å². The van der Waals surface area contributed by atoms with E-state index in [9.17, 15) is 9.18 Å². The topological polar surface area (TPSA) is 56.5 Å². The summed E-state index contributed by atoms with van der Waals surface area (Å²) < 4.78 is 20.9. The molecule has 2 aromatic heterocycles. The first-order chi connectivity index (χ1) is 14.6. The number of ether oxygens (including phenoxy) is 1. The van der Waals surface area contributed by atoms with Gasteiger partial charge in [0.25, 0.3) is 5.56 Å². The second-order valence-electron chi connectivity index (χ2n) is 7.03. The van der Waals surface area contributed by atoms with Crippen molar-refractivity contribution in [1.29, 1.82) is 0 Å². The number of unbranched alkanes of at least 4 members (excludes halogenated alkanes) is 3. The Balaban J connectivity index is 1.51. The van der Waals surface area contributed by atoms with Gasteiger partial charge in [0.05, 0.1) is 11.1 Å². The van der Waals surface area contributed by atoms with Crippen LogP contribution in [0, 0.1) is 5.82 Å². The van der Waals surface area contributed by atoms with Crippen LogP contribution in [-0.4, -0.2) is 21.2 Å². The lowest BCUT2D eigenvalue weighted by Crippen LogP contribution is -2.23. The molecule has 2 aromatic carbocycles. The third-order valence-corrected chi connectivity index (χ3v) is 5.67. The fraction of sp³-hybridized carbons (Fsp3) is 0.261. The minimum Gasteiger partial charge on any atom is -0.494 e. The number of hydrogen-bond donors (Lipinski definition) is 0. The summed E-state index contributed by atoms with van der Waals surface area (Å²) in [5.74, 6) is 0.962. The van der Waals surface area contributed by atoms with Crippen molar-refractivity contribution in [1.82, 2.24) is 14.6 Å². The molecule has 0 saturated carbocycles. The average molecular weight is 424 g/mol. The Morgan fingerprint density at radius 1 is 1.13 bits per heavy atom. The van der Waals surface area contributed by atoms with Gasteiger partial charge in [0.15, 0.2) is 5.82 Å². The third kappa shape index (κ3) is 4.57. The molecule has 0 N–H and O–H groups in total. The highest BCUT2D eigenvalue weighted by Crippen LogP contribution is 2.20. The van der Waals surface area contributed by atoms with Crippen LogP contribution in [-0.2, 0) is 0 Å². The first-order valence-electron chi connectivity index (χ1n) is 10.0. The van der Waals surface area contributed by atoms with Crippen LogP contribution in [0.5, 0.6) is 5.75 Å². The van der Waals surface area contributed by atoms with Crippen LogP contribution in [0.15, 0.2) is 53.3 Å². The predicted octanol–water partition coefficient (Wildman–Crippen LogP) is 4.46. The SMILES string of the molecule is CCCCCCOc1ccc(-c2nc3sc(=Cc4cccc(F)c4)c(=O)n3n2)cc1. The molecule has 0 aliphatic rings. The van der Waals surface area contributed by atoms with Gasteiger partial charge in [0, 0.05) is 5.56 Å². The Bertz CT molecular complexity index is 1250. The molecular formula is C23H22FN3O2S. The molecule has 2 heterocycles. The maximum Gasteiger partial charge on any atom is 0.291 e. The molecule has 0 aliphatic carbocycles. The van der Waals surface area contributed by atoms with Gasteiger partial charge in [-0.2, -0.15) is 9.50 Å². The van der Waals surface area contributed by atoms with Crippen molar-refractivity contribution >= 4 is 22.4 Å². The van der Waals surface area contributed by atoms with Gasteiger partial charge < -0.3 is 4.74 Å². The van der Waals surface area contributed by atoms with Crippen LogP contribution < -0.4 is 14.8 Å². The van der Waals surface area contributed by atoms with Crippen LogP contribution in [0.3, 0.4) is 0 Å². The molecule has 0 saturated heterocycles. The molecule has 0 amide bonds. The van der Waals surface area contributed by atoms with Gasteiger partial charge in [0.2, 0.25) is 4.96 Å². The summed E-state index contributed by atoms with van der Waals surface area (Å²) in [5, 5.41) is 4.36. The molecule has 5 nitrogen and oxygen atoms in total. The molecule has 0 aliphatic heterocycles. The fourth-order valence-electron chi connectivity index (χ4n) is 3.12. The number of thiazole rings is 1. The monoisotopic (exact) mass is 423 g/mol. The number of aromatic nitrogens is 3. The van der Waals surface area contributed by atoms with E-state index < -0.39 is 0 Å². The maximum absolute atomic E-state index is 13.4. The smallest absolute Gasteiger partial charge is 0.291 e. The van der Waals surface area contributed by atoms with Crippen molar-refractivity contribution in [2.75, 3.05) is 6.61 Å². The van der Waals surface area contributed by atoms with Crippen molar-refractivity contribution in [3.63, 3.8) is 0 Å². The number of fused-ring (bicyclic) bond motifs is 1. The molecule has 0 radical (unpaired) electrons. The second-order valence-corrected chi connectivity index (χ2v) is 8.04. The average Bonchev–Trinajstić information content (AvgIpc) is 3.28. The van der Waals surface area contributed by atoms with E-state index >= 15 is 0 Å². The van der Waals surface area contributed by atoms with Crippen molar-refractivity contribution in [2.45, 2.75) is 32.6 Å². The van der Waals surface area contributed by atoms with Crippen LogP contribution in [0.1, 0.15) is 38.2 Å². The molecule has 154 valence electrons. The van der Waals surface area contributed by atoms with E-state index in [1.54, 1.807) is 18.2 Å². The van der Waals surface area contributed by atoms with E-state index in [1.807, 2.05) is 24.3 Å². The lowest BCUT2D eigenvalue weighted by molar-refractivity contribution is 0.305. The predicted molar refractivity (Wildman–Crippen MR) is 117 cm³/mol. The van der Waals surface area contributed by atoms with Crippen LogP contribution in [0.2, 0.25) is 0 Å². The van der Waals surface area contributed by atoms with Crippen LogP contribution in [0.4, 0.5) is 4.39 Å². The zero-order chi connectivity index (χ0) is 20.9. The van der Waals surface area contributed by atoms with Crippen molar-refractivity contribution in [3.05, 3.63) is 74.8 Å². The summed E-state index contributed by atoms with van der Waals surface area (Å²) >= 11 is 1.23. The highest BCUT2D eigenvalue weighted by Gasteiger charge is 2.12. The molecule has 4 rings (SSSR count). The van der Waals surface area contributed by atoms with Crippen molar-refractivity contribution < 1.29 is 9.13 Å². The van der Waals surface area contributed by atoms with E-state index in [0.717, 1.165) is 17.7 Å². The van der Waals surface area contributed by atoms with E-state index in [1.165, 1.54) is 47.2 Å². The molecule has 0 fully saturated rings. The fourth-order valence-corrected chi connectivity index (χ4v) is 4.03. The van der Waals surface area contributed by atoms with E-state index in [2.05, 4.69) is 17.0 Å². The summed E-state index contributed by atoms with van der Waals surface area (Å²) in [5.41, 5.74) is 1.19. The van der Waals surface area contributed by atoms with Crippen molar-refractivity contribution in [3.8, 4) is 17.1 Å². The Labute approximate surface area is 177 Å². The zero-order valence-corrected chi connectivity index (χ0v) is 17.5. The number of nitrogens with zero attached hydrogens (tertiary/aromatic N) is 3. The standard InChI is InChI=1S/C23H22FN3O2S/c1-2-3-4-5-13-29-19-11-9-17(10-12-19)21-25-23-27(26-21)22(28)20(30-23)15-16-7-6-8-18(24)14-16/h6-12,14-15H,2-5,13H2,1H3. The second kappa shape index (κ2) is 9.17. The lowest BCUT2D eigenvalue weighted by Gasteiger charge is -2.06. The lowest BCUT2D eigenvalue weighted by atomic mass is 10.2. The summed E-state index contributed by atoms with van der Waals surface area (Å²) in [7, 11) is 0. The summed E-state index contributed by atoms with van der Waals surface area (Å²) in [6, 6.07) is 13.7. The Morgan fingerprint density at radius 2 is 1.97 bits per heavy atom. The first-order valence-corrected chi connectivity index (χ1v) is 10.9. The van der Waals surface area contributed by atoms with Gasteiger partial charge in [0.1, 0.15) is 11.6 Å². The highest BCUT2D eigenvalue weighted by atomic mass is 32.1. The summed E-state index contributed by atoms with van der Waals surface area (Å²) in [6.45, 7) is 2.90. The molecule has 0 bridgehead atoms. The van der Waals surface area contributed by atoms with E-state index in [-0.39, 0.29) is 11.4 Å². The first kappa shape index (κ1) is 20.2. The van der Waals surface area contributed by atoms with Gasteiger partial charge in [-0.05, 0) is 54.5 Å². The molecule has 0 unspecified atom stereocenters. The van der Waals surface area contributed by atoms with E-state index in [0.29, 0.717) is 27.5 Å². The molecular weight excluding hydrogens is 401 g/mol. The largest absolute Gasteiger partial charge is 0.494 e. The number of rotatable bonds is 8. The number of halogens is 1. The van der Waals surface area contributed by atoms with Gasteiger partial charge in [-0.3, -0.25) is 4.79 Å². The minimum atomic E-state index is -0.341. The molecule has 0 atom stereocenters. The normalized spacial score (nSPS) is 12.0. The number of benzene rings is 2. The molecule has 7 heteroatoms. The number of hydrogen-bond acceptors (Lipinski definition) is 5. The molecule has 4 aromatic rings. The van der Waals surface area contributed by atoms with Gasteiger partial charge in [-0.25, -0.2) is 4.39 Å². The van der Waals surface area contributed by atoms with Crippen LogP contribution in [0.25, 0.3) is 22.4 Å². The zero-order valence-electron chi connectivity index (χ0n) is 16.7. The van der Waals surface area contributed by atoms with Gasteiger partial charge >= 0.3 is 0 Å². The highest BCUT2D eigenvalue weighted by molar-refractivity contribution is 7.15.